The summed E-state index contributed by atoms with van der Waals surface area (Å²) >= 11 is 3.41. The molecule has 0 unspecified atom stereocenters. The maximum absolute atomic E-state index is 11.9. The first-order valence-corrected chi connectivity index (χ1v) is 7.45. The second-order valence-corrected chi connectivity index (χ2v) is 5.46. The lowest BCUT2D eigenvalue weighted by atomic mass is 10.1. The van der Waals surface area contributed by atoms with Gasteiger partial charge in [0.2, 0.25) is 0 Å². The van der Waals surface area contributed by atoms with Gasteiger partial charge in [0.15, 0.2) is 0 Å². The molecule has 110 valence electrons. The van der Waals surface area contributed by atoms with Crippen molar-refractivity contribution in [1.82, 2.24) is 5.32 Å². The van der Waals surface area contributed by atoms with Crippen molar-refractivity contribution in [2.45, 2.75) is 32.6 Å². The van der Waals surface area contributed by atoms with Crippen LogP contribution in [0.5, 0.6) is 0 Å². The van der Waals surface area contributed by atoms with Crippen LogP contribution in [0.2, 0.25) is 0 Å². The van der Waals surface area contributed by atoms with E-state index < -0.39 is 0 Å². The molecule has 0 radical (unpaired) electrons. The van der Waals surface area contributed by atoms with E-state index in [1.807, 2.05) is 19.1 Å². The molecule has 0 heterocycles. The molecule has 1 rings (SSSR count). The number of methoxy groups -OCH3 is 1. The fraction of sp³-hybridized carbons (Fsp3) is 0.467. The van der Waals surface area contributed by atoms with Gasteiger partial charge >= 0.3 is 5.97 Å². The number of nitrogens with one attached hydrogen (secondary N) is 1. The quantitative estimate of drug-likeness (QED) is 0.611. The third-order valence-electron chi connectivity index (χ3n) is 2.99. The van der Waals surface area contributed by atoms with Gasteiger partial charge in [-0.05, 0) is 43.5 Å². The van der Waals surface area contributed by atoms with Gasteiger partial charge in [-0.2, -0.15) is 0 Å². The highest BCUT2D eigenvalue weighted by Crippen LogP contribution is 2.16. The SMILES string of the molecule is COC(=O)CCCCCNC(=O)c1ccc(Br)c(C)c1. The number of carbonyl (C=O) groups is 2. The van der Waals surface area contributed by atoms with Gasteiger partial charge in [-0.1, -0.05) is 22.4 Å². The van der Waals surface area contributed by atoms with E-state index in [0.29, 0.717) is 18.5 Å². The van der Waals surface area contributed by atoms with E-state index >= 15 is 0 Å². The second kappa shape index (κ2) is 8.74. The third kappa shape index (κ3) is 5.74. The van der Waals surface area contributed by atoms with Gasteiger partial charge in [0.25, 0.3) is 5.91 Å². The normalized spacial score (nSPS) is 10.2. The van der Waals surface area contributed by atoms with Crippen LogP contribution < -0.4 is 5.32 Å². The molecule has 0 saturated heterocycles. The van der Waals surface area contributed by atoms with Gasteiger partial charge in [-0.3, -0.25) is 9.59 Å². The van der Waals surface area contributed by atoms with E-state index in [4.69, 9.17) is 0 Å². The summed E-state index contributed by atoms with van der Waals surface area (Å²) in [5.41, 5.74) is 1.70. The molecule has 0 aliphatic carbocycles. The van der Waals surface area contributed by atoms with Crippen molar-refractivity contribution in [2.24, 2.45) is 0 Å². The van der Waals surface area contributed by atoms with Gasteiger partial charge < -0.3 is 10.1 Å². The molecule has 0 saturated carbocycles. The van der Waals surface area contributed by atoms with Gasteiger partial charge in [-0.15, -0.1) is 0 Å². The first-order chi connectivity index (χ1) is 9.54. The van der Waals surface area contributed by atoms with Crippen LogP contribution in [0.4, 0.5) is 0 Å². The summed E-state index contributed by atoms with van der Waals surface area (Å²) in [5.74, 6) is -0.243. The van der Waals surface area contributed by atoms with E-state index in [9.17, 15) is 9.59 Å². The summed E-state index contributed by atoms with van der Waals surface area (Å²) < 4.78 is 5.56. The van der Waals surface area contributed by atoms with Gasteiger partial charge in [-0.25, -0.2) is 0 Å². The minimum absolute atomic E-state index is 0.0615. The lowest BCUT2D eigenvalue weighted by molar-refractivity contribution is -0.140. The Bertz CT molecular complexity index is 474. The third-order valence-corrected chi connectivity index (χ3v) is 3.88. The zero-order chi connectivity index (χ0) is 15.0. The first-order valence-electron chi connectivity index (χ1n) is 6.65. The molecule has 0 atom stereocenters. The van der Waals surface area contributed by atoms with Gasteiger partial charge in [0.1, 0.15) is 0 Å². The Labute approximate surface area is 128 Å². The fourth-order valence-electron chi connectivity index (χ4n) is 1.76. The van der Waals surface area contributed by atoms with Crippen molar-refractivity contribution in [3.8, 4) is 0 Å². The van der Waals surface area contributed by atoms with Gasteiger partial charge in [0.05, 0.1) is 7.11 Å². The Morgan fingerprint density at radius 1 is 1.25 bits per heavy atom. The molecule has 4 nitrogen and oxygen atoms in total. The Balaban J connectivity index is 2.23. The number of rotatable bonds is 7. The number of halogens is 1. The second-order valence-electron chi connectivity index (χ2n) is 4.61. The van der Waals surface area contributed by atoms with Crippen molar-refractivity contribution in [1.29, 1.82) is 0 Å². The molecular formula is C15H20BrNO3. The first kappa shape index (κ1) is 16.7. The molecular weight excluding hydrogens is 322 g/mol. The number of benzene rings is 1. The minimum atomic E-state index is -0.181. The van der Waals surface area contributed by atoms with Crippen molar-refractivity contribution >= 4 is 27.8 Å². The number of amides is 1. The number of esters is 1. The predicted molar refractivity (Wildman–Crippen MR) is 81.7 cm³/mol. The number of ether oxygens (including phenoxy) is 1. The zero-order valence-corrected chi connectivity index (χ0v) is 13.5. The van der Waals surface area contributed by atoms with E-state index in [2.05, 4.69) is 26.0 Å². The molecule has 0 aliphatic heterocycles. The maximum Gasteiger partial charge on any atom is 0.305 e. The van der Waals surface area contributed by atoms with Crippen LogP contribution in [-0.4, -0.2) is 25.5 Å². The Morgan fingerprint density at radius 2 is 2.00 bits per heavy atom. The molecule has 20 heavy (non-hydrogen) atoms. The van der Waals surface area contributed by atoms with Crippen molar-refractivity contribution in [2.75, 3.05) is 13.7 Å². The topological polar surface area (TPSA) is 55.4 Å². The highest BCUT2D eigenvalue weighted by Gasteiger charge is 2.06. The lowest BCUT2D eigenvalue weighted by Crippen LogP contribution is -2.24. The molecule has 1 aromatic carbocycles. The number of carbonyl (C=O) groups excluding carboxylic acids is 2. The van der Waals surface area contributed by atoms with Crippen molar-refractivity contribution in [3.05, 3.63) is 33.8 Å². The summed E-state index contributed by atoms with van der Waals surface area (Å²) in [6, 6.07) is 5.53. The lowest BCUT2D eigenvalue weighted by Gasteiger charge is -2.06. The van der Waals surface area contributed by atoms with E-state index in [1.54, 1.807) is 6.07 Å². The largest absolute Gasteiger partial charge is 0.469 e. The Hall–Kier alpha value is -1.36. The minimum Gasteiger partial charge on any atom is -0.469 e. The number of hydrogen-bond acceptors (Lipinski definition) is 3. The summed E-state index contributed by atoms with van der Waals surface area (Å²) in [7, 11) is 1.39. The van der Waals surface area contributed by atoms with Gasteiger partial charge in [0, 0.05) is 23.0 Å². The van der Waals surface area contributed by atoms with E-state index in [1.165, 1.54) is 7.11 Å². The highest BCUT2D eigenvalue weighted by molar-refractivity contribution is 9.10. The maximum atomic E-state index is 11.9. The summed E-state index contributed by atoms with van der Waals surface area (Å²) in [6.07, 6.45) is 2.99. The number of hydrogen-bond donors (Lipinski definition) is 1. The standard InChI is InChI=1S/C15H20BrNO3/c1-11-10-12(7-8-13(11)16)15(19)17-9-5-3-4-6-14(18)20-2/h7-8,10H,3-6,9H2,1-2H3,(H,17,19). The average Bonchev–Trinajstić information content (AvgIpc) is 2.44. The Morgan fingerprint density at radius 3 is 2.65 bits per heavy atom. The molecule has 0 bridgehead atoms. The molecule has 0 aromatic heterocycles. The van der Waals surface area contributed by atoms with Crippen LogP contribution in [0.15, 0.2) is 22.7 Å². The van der Waals surface area contributed by atoms with Crippen LogP contribution in [0.3, 0.4) is 0 Å². The molecule has 0 fully saturated rings. The van der Waals surface area contributed by atoms with Crippen LogP contribution in [0.1, 0.15) is 41.6 Å². The highest BCUT2D eigenvalue weighted by atomic mass is 79.9. The van der Waals surface area contributed by atoms with Crippen molar-refractivity contribution in [3.63, 3.8) is 0 Å². The summed E-state index contributed by atoms with van der Waals surface area (Å²) in [5, 5.41) is 2.88. The molecule has 1 aromatic rings. The van der Waals surface area contributed by atoms with Crippen LogP contribution in [0.25, 0.3) is 0 Å². The fourth-order valence-corrected chi connectivity index (χ4v) is 2.01. The van der Waals surface area contributed by atoms with E-state index in [-0.39, 0.29) is 11.9 Å². The average molecular weight is 342 g/mol. The summed E-state index contributed by atoms with van der Waals surface area (Å²) in [6.45, 7) is 2.57. The molecule has 0 aliphatic rings. The van der Waals surface area contributed by atoms with Crippen LogP contribution in [-0.2, 0) is 9.53 Å². The number of aryl methyl sites for hydroxylation is 1. The Kier molecular flexibility index (Phi) is 7.30. The smallest absolute Gasteiger partial charge is 0.305 e. The monoisotopic (exact) mass is 341 g/mol. The van der Waals surface area contributed by atoms with Crippen molar-refractivity contribution < 1.29 is 14.3 Å². The molecule has 1 N–H and O–H groups in total. The molecule has 0 spiro atoms. The summed E-state index contributed by atoms with van der Waals surface area (Å²) in [4.78, 5) is 22.8. The molecule has 1 amide bonds. The van der Waals surface area contributed by atoms with Crippen LogP contribution in [0, 0.1) is 6.92 Å². The van der Waals surface area contributed by atoms with Crippen LogP contribution >= 0.6 is 15.9 Å². The number of unbranched alkanes of at least 4 members (excludes halogenated alkanes) is 2. The van der Waals surface area contributed by atoms with E-state index in [0.717, 1.165) is 29.3 Å². The predicted octanol–water partition coefficient (Wildman–Crippen LogP) is 3.22. The molecule has 5 heteroatoms. The zero-order valence-electron chi connectivity index (χ0n) is 11.9.